The Balaban J connectivity index is 2.62. The smallest absolute Gasteiger partial charge is 0.242 e. The molecule has 2 N–H and O–H groups in total. The monoisotopic (exact) mass is 199 g/mol. The van der Waals surface area contributed by atoms with Crippen LogP contribution >= 0.6 is 0 Å². The molecule has 0 radical (unpaired) electrons. The maximum atomic E-state index is 11.8. The summed E-state index contributed by atoms with van der Waals surface area (Å²) in [6.45, 7) is 5.13. The fraction of sp³-hybridized carbons (Fsp3) is 0.778. The van der Waals surface area contributed by atoms with E-state index >= 15 is 0 Å². The molecule has 0 spiro atoms. The van der Waals surface area contributed by atoms with Crippen molar-refractivity contribution in [3.63, 3.8) is 0 Å². The van der Waals surface area contributed by atoms with Crippen molar-refractivity contribution in [2.75, 3.05) is 26.7 Å². The van der Waals surface area contributed by atoms with Crippen LogP contribution in [0.3, 0.4) is 0 Å². The second kappa shape index (κ2) is 3.96. The van der Waals surface area contributed by atoms with Gasteiger partial charge in [-0.3, -0.25) is 9.59 Å². The molecule has 0 unspecified atom stereocenters. The number of nitrogens with zero attached hydrogens (tertiary/aromatic N) is 1. The first-order valence-corrected chi connectivity index (χ1v) is 4.72. The van der Waals surface area contributed by atoms with E-state index in [1.807, 2.05) is 13.8 Å². The van der Waals surface area contributed by atoms with Gasteiger partial charge in [0.15, 0.2) is 0 Å². The molecule has 0 saturated carbocycles. The SMILES string of the molecule is CNC(=O)CN1CCNC(C)(C)C1=O. The van der Waals surface area contributed by atoms with E-state index in [1.54, 1.807) is 11.9 Å². The summed E-state index contributed by atoms with van der Waals surface area (Å²) < 4.78 is 0. The van der Waals surface area contributed by atoms with E-state index in [0.29, 0.717) is 6.54 Å². The average Bonchev–Trinajstić information content (AvgIpc) is 2.12. The number of carbonyl (C=O) groups excluding carboxylic acids is 2. The van der Waals surface area contributed by atoms with Gasteiger partial charge in [-0.15, -0.1) is 0 Å². The fourth-order valence-corrected chi connectivity index (χ4v) is 1.48. The molecule has 5 nitrogen and oxygen atoms in total. The van der Waals surface area contributed by atoms with E-state index in [2.05, 4.69) is 10.6 Å². The van der Waals surface area contributed by atoms with Crippen LogP contribution in [-0.4, -0.2) is 48.9 Å². The highest BCUT2D eigenvalue weighted by molar-refractivity contribution is 5.90. The molecule has 0 aromatic carbocycles. The fourth-order valence-electron chi connectivity index (χ4n) is 1.48. The Morgan fingerprint density at radius 2 is 2.29 bits per heavy atom. The van der Waals surface area contributed by atoms with E-state index in [4.69, 9.17) is 0 Å². The van der Waals surface area contributed by atoms with Gasteiger partial charge in [-0.2, -0.15) is 0 Å². The lowest BCUT2D eigenvalue weighted by Crippen LogP contribution is -2.62. The Bertz CT molecular complexity index is 250. The molecule has 1 aliphatic heterocycles. The Morgan fingerprint density at radius 3 is 2.86 bits per heavy atom. The molecule has 80 valence electrons. The van der Waals surface area contributed by atoms with Gasteiger partial charge in [0.2, 0.25) is 11.8 Å². The summed E-state index contributed by atoms with van der Waals surface area (Å²) in [4.78, 5) is 24.5. The predicted molar refractivity (Wildman–Crippen MR) is 52.7 cm³/mol. The molecule has 0 aromatic rings. The van der Waals surface area contributed by atoms with Gasteiger partial charge in [0.25, 0.3) is 0 Å². The van der Waals surface area contributed by atoms with Crippen molar-refractivity contribution in [3.05, 3.63) is 0 Å². The largest absolute Gasteiger partial charge is 0.358 e. The third-order valence-corrected chi connectivity index (χ3v) is 2.38. The van der Waals surface area contributed by atoms with Crippen molar-refractivity contribution < 1.29 is 9.59 Å². The maximum Gasteiger partial charge on any atom is 0.242 e. The van der Waals surface area contributed by atoms with Crippen LogP contribution in [0.15, 0.2) is 0 Å². The summed E-state index contributed by atoms with van der Waals surface area (Å²) in [6.07, 6.45) is 0. The number of amides is 2. The van der Waals surface area contributed by atoms with Gasteiger partial charge in [0.1, 0.15) is 0 Å². The predicted octanol–water partition coefficient (Wildman–Crippen LogP) is -1.06. The normalized spacial score (nSPS) is 20.8. The lowest BCUT2D eigenvalue weighted by atomic mass is 10.0. The maximum absolute atomic E-state index is 11.8. The van der Waals surface area contributed by atoms with Gasteiger partial charge in [-0.1, -0.05) is 0 Å². The summed E-state index contributed by atoms with van der Waals surface area (Å²) in [6, 6.07) is 0. The Hall–Kier alpha value is -1.10. The van der Waals surface area contributed by atoms with Crippen molar-refractivity contribution in [1.29, 1.82) is 0 Å². The molecule has 1 saturated heterocycles. The zero-order valence-electron chi connectivity index (χ0n) is 8.89. The lowest BCUT2D eigenvalue weighted by molar-refractivity contribution is -0.143. The zero-order valence-corrected chi connectivity index (χ0v) is 8.89. The van der Waals surface area contributed by atoms with E-state index < -0.39 is 5.54 Å². The molecule has 1 aliphatic rings. The quantitative estimate of drug-likeness (QED) is 0.596. The molecule has 1 rings (SSSR count). The molecule has 1 fully saturated rings. The van der Waals surface area contributed by atoms with Crippen LogP contribution in [-0.2, 0) is 9.59 Å². The van der Waals surface area contributed by atoms with Crippen molar-refractivity contribution in [3.8, 4) is 0 Å². The Labute approximate surface area is 83.8 Å². The number of hydrogen-bond donors (Lipinski definition) is 2. The lowest BCUT2D eigenvalue weighted by Gasteiger charge is -2.37. The van der Waals surface area contributed by atoms with E-state index in [1.165, 1.54) is 0 Å². The highest BCUT2D eigenvalue weighted by Gasteiger charge is 2.35. The van der Waals surface area contributed by atoms with Crippen molar-refractivity contribution in [2.45, 2.75) is 19.4 Å². The van der Waals surface area contributed by atoms with Crippen LogP contribution in [0.25, 0.3) is 0 Å². The minimum atomic E-state index is -0.549. The molecule has 0 aliphatic carbocycles. The first-order chi connectivity index (χ1) is 6.47. The molecule has 14 heavy (non-hydrogen) atoms. The van der Waals surface area contributed by atoms with Gasteiger partial charge in [0, 0.05) is 20.1 Å². The van der Waals surface area contributed by atoms with E-state index in [0.717, 1.165) is 6.54 Å². The van der Waals surface area contributed by atoms with Crippen LogP contribution in [0.4, 0.5) is 0 Å². The van der Waals surface area contributed by atoms with Crippen LogP contribution in [0.2, 0.25) is 0 Å². The molecular formula is C9H17N3O2. The standard InChI is InChI=1S/C9H17N3O2/c1-9(2)8(14)12(5-4-11-9)6-7(13)10-3/h11H,4-6H2,1-3H3,(H,10,13). The Morgan fingerprint density at radius 1 is 1.64 bits per heavy atom. The second-order valence-electron chi connectivity index (χ2n) is 3.95. The molecule has 5 heteroatoms. The van der Waals surface area contributed by atoms with Gasteiger partial charge in [-0.05, 0) is 13.8 Å². The van der Waals surface area contributed by atoms with Gasteiger partial charge >= 0.3 is 0 Å². The van der Waals surface area contributed by atoms with E-state index in [-0.39, 0.29) is 18.4 Å². The van der Waals surface area contributed by atoms with Crippen LogP contribution < -0.4 is 10.6 Å². The second-order valence-corrected chi connectivity index (χ2v) is 3.95. The topological polar surface area (TPSA) is 61.4 Å². The number of piperazine rings is 1. The molecule has 0 atom stereocenters. The minimum absolute atomic E-state index is 0.0210. The van der Waals surface area contributed by atoms with Crippen molar-refractivity contribution in [1.82, 2.24) is 15.5 Å². The van der Waals surface area contributed by atoms with Crippen LogP contribution in [0.1, 0.15) is 13.8 Å². The highest BCUT2D eigenvalue weighted by atomic mass is 16.2. The Kier molecular flexibility index (Phi) is 3.10. The molecule has 0 bridgehead atoms. The average molecular weight is 199 g/mol. The zero-order chi connectivity index (χ0) is 10.8. The van der Waals surface area contributed by atoms with Crippen molar-refractivity contribution in [2.24, 2.45) is 0 Å². The minimum Gasteiger partial charge on any atom is -0.358 e. The number of carbonyl (C=O) groups is 2. The molecule has 0 aromatic heterocycles. The number of rotatable bonds is 2. The number of nitrogens with one attached hydrogen (secondary N) is 2. The number of likely N-dealkylation sites (N-methyl/N-ethyl adjacent to an activating group) is 1. The summed E-state index contributed by atoms with van der Waals surface area (Å²) in [5.74, 6) is -0.150. The summed E-state index contributed by atoms with van der Waals surface area (Å²) in [7, 11) is 1.57. The summed E-state index contributed by atoms with van der Waals surface area (Å²) in [5.41, 5.74) is -0.549. The third-order valence-electron chi connectivity index (χ3n) is 2.38. The van der Waals surface area contributed by atoms with Gasteiger partial charge in [0.05, 0.1) is 12.1 Å². The third kappa shape index (κ3) is 2.23. The van der Waals surface area contributed by atoms with Crippen LogP contribution in [0, 0.1) is 0 Å². The van der Waals surface area contributed by atoms with Gasteiger partial charge < -0.3 is 15.5 Å². The number of hydrogen-bond acceptors (Lipinski definition) is 3. The first kappa shape index (κ1) is 11.0. The van der Waals surface area contributed by atoms with E-state index in [9.17, 15) is 9.59 Å². The summed E-state index contributed by atoms with van der Waals surface area (Å²) >= 11 is 0. The van der Waals surface area contributed by atoms with Crippen LogP contribution in [0.5, 0.6) is 0 Å². The molecule has 1 heterocycles. The summed E-state index contributed by atoms with van der Waals surface area (Å²) in [5, 5.41) is 5.61. The van der Waals surface area contributed by atoms with Gasteiger partial charge in [-0.25, -0.2) is 0 Å². The first-order valence-electron chi connectivity index (χ1n) is 4.72. The molecular weight excluding hydrogens is 182 g/mol. The molecule has 2 amide bonds. The highest BCUT2D eigenvalue weighted by Crippen LogP contribution is 2.11. The van der Waals surface area contributed by atoms with Crippen molar-refractivity contribution >= 4 is 11.8 Å².